The average molecular weight is 178 g/mol. The van der Waals surface area contributed by atoms with Crippen LogP contribution in [0, 0.1) is 0 Å². The lowest BCUT2D eigenvalue weighted by atomic mass is 10.2. The zero-order valence-electron chi connectivity index (χ0n) is 8.24. The second kappa shape index (κ2) is 4.03. The third-order valence-electron chi connectivity index (χ3n) is 2.02. The van der Waals surface area contributed by atoms with E-state index in [1.807, 2.05) is 13.1 Å². The second-order valence-corrected chi connectivity index (χ2v) is 2.97. The molecule has 0 N–H and O–H groups in total. The molecule has 0 aliphatic heterocycles. The van der Waals surface area contributed by atoms with Crippen molar-refractivity contribution in [2.45, 2.75) is 13.8 Å². The molecule has 1 rings (SSSR count). The molecule has 0 saturated carbocycles. The quantitative estimate of drug-likeness (QED) is 0.661. The van der Waals surface area contributed by atoms with Gasteiger partial charge in [0.25, 0.3) is 0 Å². The number of aromatic nitrogens is 1. The number of ketones is 1. The molecule has 3 heteroatoms. The number of rotatable bonds is 3. The maximum absolute atomic E-state index is 10.9. The normalized spacial score (nSPS) is 9.77. The molecule has 0 aliphatic carbocycles. The molecule has 0 radical (unpaired) electrons. The van der Waals surface area contributed by atoms with Crippen molar-refractivity contribution >= 4 is 11.5 Å². The van der Waals surface area contributed by atoms with Crippen LogP contribution in [0.2, 0.25) is 0 Å². The maximum atomic E-state index is 10.9. The Bertz CT molecular complexity index is 292. The van der Waals surface area contributed by atoms with E-state index in [0.29, 0.717) is 5.69 Å². The molecule has 70 valence electrons. The number of Topliss-reactive ketones (excluding diaryl/α,β-unsaturated/α-hetero) is 1. The van der Waals surface area contributed by atoms with Gasteiger partial charge in [-0.1, -0.05) is 0 Å². The van der Waals surface area contributed by atoms with E-state index in [-0.39, 0.29) is 5.78 Å². The summed E-state index contributed by atoms with van der Waals surface area (Å²) in [5, 5.41) is 0. The summed E-state index contributed by atoms with van der Waals surface area (Å²) in [4.78, 5) is 17.0. The van der Waals surface area contributed by atoms with Crippen LogP contribution in [0.1, 0.15) is 24.3 Å². The van der Waals surface area contributed by atoms with Crippen LogP contribution in [0.15, 0.2) is 18.3 Å². The van der Waals surface area contributed by atoms with Crippen LogP contribution >= 0.6 is 0 Å². The molecular weight excluding hydrogens is 164 g/mol. The van der Waals surface area contributed by atoms with E-state index in [2.05, 4.69) is 16.8 Å². The Morgan fingerprint density at radius 2 is 2.23 bits per heavy atom. The number of carbonyl (C=O) groups excluding carboxylic acids is 1. The van der Waals surface area contributed by atoms with Crippen LogP contribution < -0.4 is 4.90 Å². The highest BCUT2D eigenvalue weighted by molar-refractivity contribution is 5.92. The molecule has 0 aromatic carbocycles. The van der Waals surface area contributed by atoms with Crippen LogP contribution in [-0.2, 0) is 0 Å². The minimum Gasteiger partial charge on any atom is -0.374 e. The first-order valence-corrected chi connectivity index (χ1v) is 4.33. The molecule has 13 heavy (non-hydrogen) atoms. The summed E-state index contributed by atoms with van der Waals surface area (Å²) in [5.74, 6) is 0.00528. The summed E-state index contributed by atoms with van der Waals surface area (Å²) in [5.41, 5.74) is 1.56. The summed E-state index contributed by atoms with van der Waals surface area (Å²) in [6.07, 6.45) is 1.72. The molecule has 0 fully saturated rings. The monoisotopic (exact) mass is 178 g/mol. The van der Waals surface area contributed by atoms with Crippen molar-refractivity contribution in [2.75, 3.05) is 18.5 Å². The fourth-order valence-corrected chi connectivity index (χ4v) is 1.00. The van der Waals surface area contributed by atoms with Crippen molar-refractivity contribution in [3.8, 4) is 0 Å². The van der Waals surface area contributed by atoms with E-state index in [0.717, 1.165) is 12.2 Å². The topological polar surface area (TPSA) is 33.2 Å². The first kappa shape index (κ1) is 9.71. The molecule has 0 bridgehead atoms. The first-order valence-electron chi connectivity index (χ1n) is 4.33. The van der Waals surface area contributed by atoms with Gasteiger partial charge in [0, 0.05) is 20.5 Å². The predicted molar refractivity (Wildman–Crippen MR) is 53.2 cm³/mol. The molecule has 0 spiro atoms. The van der Waals surface area contributed by atoms with Gasteiger partial charge >= 0.3 is 0 Å². The number of pyridine rings is 1. The summed E-state index contributed by atoms with van der Waals surface area (Å²) >= 11 is 0. The van der Waals surface area contributed by atoms with Crippen molar-refractivity contribution in [2.24, 2.45) is 0 Å². The summed E-state index contributed by atoms with van der Waals surface area (Å²) in [7, 11) is 1.99. The third kappa shape index (κ3) is 2.28. The van der Waals surface area contributed by atoms with Crippen LogP contribution in [0.3, 0.4) is 0 Å². The Balaban J connectivity index is 2.87. The van der Waals surface area contributed by atoms with Crippen molar-refractivity contribution in [3.63, 3.8) is 0 Å². The van der Waals surface area contributed by atoms with Crippen molar-refractivity contribution < 1.29 is 4.79 Å². The van der Waals surface area contributed by atoms with Gasteiger partial charge < -0.3 is 4.90 Å². The Hall–Kier alpha value is -1.38. The Morgan fingerprint density at radius 3 is 2.62 bits per heavy atom. The molecule has 1 aromatic heterocycles. The molecule has 0 saturated heterocycles. The summed E-state index contributed by atoms with van der Waals surface area (Å²) < 4.78 is 0. The van der Waals surface area contributed by atoms with Gasteiger partial charge in [-0.3, -0.25) is 9.78 Å². The van der Waals surface area contributed by atoms with Gasteiger partial charge in [0.05, 0.1) is 11.9 Å². The van der Waals surface area contributed by atoms with Gasteiger partial charge in [0.15, 0.2) is 5.78 Å². The molecule has 0 atom stereocenters. The Morgan fingerprint density at radius 1 is 1.54 bits per heavy atom. The highest BCUT2D eigenvalue weighted by atomic mass is 16.1. The lowest BCUT2D eigenvalue weighted by Crippen LogP contribution is -2.16. The molecule has 1 heterocycles. The van der Waals surface area contributed by atoms with Crippen molar-refractivity contribution in [1.82, 2.24) is 4.98 Å². The van der Waals surface area contributed by atoms with E-state index < -0.39 is 0 Å². The maximum Gasteiger partial charge on any atom is 0.178 e. The summed E-state index contributed by atoms with van der Waals surface area (Å²) in [6.45, 7) is 4.52. The molecule has 0 unspecified atom stereocenters. The van der Waals surface area contributed by atoms with Gasteiger partial charge in [-0.15, -0.1) is 0 Å². The number of hydrogen-bond acceptors (Lipinski definition) is 3. The van der Waals surface area contributed by atoms with Gasteiger partial charge in [0.1, 0.15) is 5.69 Å². The van der Waals surface area contributed by atoms with Gasteiger partial charge in [-0.2, -0.15) is 0 Å². The number of carbonyl (C=O) groups is 1. The minimum absolute atomic E-state index is 0.00528. The van der Waals surface area contributed by atoms with Gasteiger partial charge in [-0.25, -0.2) is 0 Å². The first-order chi connectivity index (χ1) is 6.15. The molecule has 3 nitrogen and oxygen atoms in total. The van der Waals surface area contributed by atoms with E-state index in [1.165, 1.54) is 6.92 Å². The smallest absolute Gasteiger partial charge is 0.178 e. The van der Waals surface area contributed by atoms with E-state index >= 15 is 0 Å². The van der Waals surface area contributed by atoms with Crippen LogP contribution in [0.5, 0.6) is 0 Å². The van der Waals surface area contributed by atoms with Crippen molar-refractivity contribution in [1.29, 1.82) is 0 Å². The second-order valence-electron chi connectivity index (χ2n) is 2.97. The third-order valence-corrected chi connectivity index (χ3v) is 2.02. The predicted octanol–water partition coefficient (Wildman–Crippen LogP) is 1.74. The Labute approximate surface area is 78.4 Å². The van der Waals surface area contributed by atoms with Crippen LogP contribution in [0.25, 0.3) is 0 Å². The van der Waals surface area contributed by atoms with Gasteiger partial charge in [-0.05, 0) is 19.1 Å². The number of hydrogen-bond donors (Lipinski definition) is 0. The van der Waals surface area contributed by atoms with Crippen molar-refractivity contribution in [3.05, 3.63) is 24.0 Å². The van der Waals surface area contributed by atoms with E-state index in [9.17, 15) is 4.79 Å². The SMILES string of the molecule is CCN(C)c1ccc(C(C)=O)nc1. The zero-order valence-corrected chi connectivity index (χ0v) is 8.24. The molecule has 0 amide bonds. The highest BCUT2D eigenvalue weighted by Gasteiger charge is 2.02. The zero-order chi connectivity index (χ0) is 9.84. The number of anilines is 1. The molecular formula is C10H14N2O. The standard InChI is InChI=1S/C10H14N2O/c1-4-12(3)9-5-6-10(8(2)13)11-7-9/h5-7H,4H2,1-3H3. The van der Waals surface area contributed by atoms with E-state index in [4.69, 9.17) is 0 Å². The van der Waals surface area contributed by atoms with Crippen LogP contribution in [0.4, 0.5) is 5.69 Å². The molecule has 0 aliphatic rings. The summed E-state index contributed by atoms with van der Waals surface area (Å²) in [6, 6.07) is 3.66. The number of nitrogens with zero attached hydrogens (tertiary/aromatic N) is 2. The lowest BCUT2D eigenvalue weighted by Gasteiger charge is -2.15. The van der Waals surface area contributed by atoms with Gasteiger partial charge in [0.2, 0.25) is 0 Å². The van der Waals surface area contributed by atoms with Crippen LogP contribution in [-0.4, -0.2) is 24.4 Å². The lowest BCUT2D eigenvalue weighted by molar-refractivity contribution is 0.101. The van der Waals surface area contributed by atoms with E-state index in [1.54, 1.807) is 12.3 Å². The fraction of sp³-hybridized carbons (Fsp3) is 0.400. The average Bonchev–Trinajstić information content (AvgIpc) is 2.17. The minimum atomic E-state index is 0.00528. The highest BCUT2D eigenvalue weighted by Crippen LogP contribution is 2.10. The largest absolute Gasteiger partial charge is 0.374 e. The molecule has 1 aromatic rings. The fourth-order valence-electron chi connectivity index (χ4n) is 1.00. The Kier molecular flexibility index (Phi) is 3.01.